The highest BCUT2D eigenvalue weighted by Crippen LogP contribution is 2.38. The van der Waals surface area contributed by atoms with E-state index in [2.05, 4.69) is 4.74 Å². The zero-order valence-corrected chi connectivity index (χ0v) is 9.74. The Kier molecular flexibility index (Phi) is 3.79. The summed E-state index contributed by atoms with van der Waals surface area (Å²) in [4.78, 5) is 0. The lowest BCUT2D eigenvalue weighted by Gasteiger charge is -2.14. The van der Waals surface area contributed by atoms with E-state index in [0.29, 0.717) is 12.1 Å². The van der Waals surface area contributed by atoms with Crippen LogP contribution in [0.4, 0.5) is 30.7 Å². The fourth-order valence-electron chi connectivity index (χ4n) is 0.961. The summed E-state index contributed by atoms with van der Waals surface area (Å²) in [6.45, 7) is 0. The topological polar surface area (TPSA) is 9.23 Å². The molecule has 0 aliphatic carbocycles. The summed E-state index contributed by atoms with van der Waals surface area (Å²) < 4.78 is 88.2. The fourth-order valence-corrected chi connectivity index (χ4v) is 1.49. The molecule has 0 heterocycles. The molecule has 1 nitrogen and oxygen atoms in total. The normalized spacial score (nSPS) is 12.7. The van der Waals surface area contributed by atoms with Gasteiger partial charge in [-0.25, -0.2) is 4.39 Å². The molecule has 0 saturated heterocycles. The molecule has 0 aliphatic rings. The van der Waals surface area contributed by atoms with E-state index in [1.54, 1.807) is 0 Å². The number of halogens is 8. The van der Waals surface area contributed by atoms with Crippen LogP contribution in [0, 0.1) is 9.39 Å². The first-order valence-electron chi connectivity index (χ1n) is 3.83. The predicted octanol–water partition coefficient (Wildman–Crippen LogP) is 4.35. The molecular formula is C8H2F7IO. The van der Waals surface area contributed by atoms with Crippen molar-refractivity contribution in [1.29, 1.82) is 0 Å². The van der Waals surface area contributed by atoms with Crippen LogP contribution < -0.4 is 4.74 Å². The van der Waals surface area contributed by atoms with E-state index in [-0.39, 0.29) is 0 Å². The Morgan fingerprint density at radius 2 is 1.53 bits per heavy atom. The Balaban J connectivity index is 3.31. The third kappa shape index (κ3) is 3.61. The maximum absolute atomic E-state index is 13.2. The first kappa shape index (κ1) is 14.3. The Hall–Kier alpha value is -0.740. The van der Waals surface area contributed by atoms with Crippen molar-refractivity contribution in [3.8, 4) is 5.75 Å². The third-order valence-corrected chi connectivity index (χ3v) is 2.42. The molecule has 96 valence electrons. The van der Waals surface area contributed by atoms with E-state index in [9.17, 15) is 30.7 Å². The largest absolute Gasteiger partial charge is 0.573 e. The van der Waals surface area contributed by atoms with Crippen molar-refractivity contribution in [2.45, 2.75) is 12.5 Å². The summed E-state index contributed by atoms with van der Waals surface area (Å²) in [6, 6.07) is 1.04. The van der Waals surface area contributed by atoms with E-state index in [4.69, 9.17) is 0 Å². The SMILES string of the molecule is Fc1c(C(F)(F)F)ccc(I)c1OC(F)(F)F. The number of rotatable bonds is 1. The number of hydrogen-bond donors (Lipinski definition) is 0. The third-order valence-electron chi connectivity index (χ3n) is 1.57. The van der Waals surface area contributed by atoms with Crippen LogP contribution in [0.25, 0.3) is 0 Å². The molecule has 17 heavy (non-hydrogen) atoms. The predicted molar refractivity (Wildman–Crippen MR) is 50.8 cm³/mol. The minimum absolute atomic E-state index is 0.348. The van der Waals surface area contributed by atoms with Gasteiger partial charge in [0.05, 0.1) is 9.13 Å². The quantitative estimate of drug-likeness (QED) is 0.525. The van der Waals surface area contributed by atoms with Gasteiger partial charge in [0.2, 0.25) is 0 Å². The van der Waals surface area contributed by atoms with Gasteiger partial charge in [-0.3, -0.25) is 0 Å². The van der Waals surface area contributed by atoms with Crippen molar-refractivity contribution >= 4 is 22.6 Å². The molecule has 0 atom stereocenters. The smallest absolute Gasteiger partial charge is 0.401 e. The number of ether oxygens (including phenoxy) is 1. The first-order chi connectivity index (χ1) is 7.52. The standard InChI is InChI=1S/C8H2F7IO/c9-5-3(7(10,11)12)1-2-4(16)6(5)17-8(13,14)15/h1-2H. The molecule has 0 saturated carbocycles. The Morgan fingerprint density at radius 1 is 1.00 bits per heavy atom. The summed E-state index contributed by atoms with van der Waals surface area (Å²) >= 11 is 1.24. The zero-order valence-electron chi connectivity index (χ0n) is 7.59. The summed E-state index contributed by atoms with van der Waals surface area (Å²) in [5.41, 5.74) is -1.81. The maximum atomic E-state index is 13.2. The van der Waals surface area contributed by atoms with Gasteiger partial charge in [0.15, 0.2) is 11.6 Å². The molecular weight excluding hydrogens is 372 g/mol. The van der Waals surface area contributed by atoms with E-state index >= 15 is 0 Å². The molecule has 0 aliphatic heterocycles. The van der Waals surface area contributed by atoms with E-state index in [1.807, 2.05) is 0 Å². The van der Waals surface area contributed by atoms with Gasteiger partial charge in [-0.15, -0.1) is 13.2 Å². The molecule has 0 radical (unpaired) electrons. The fraction of sp³-hybridized carbons (Fsp3) is 0.250. The van der Waals surface area contributed by atoms with Gasteiger partial charge in [-0.05, 0) is 34.7 Å². The van der Waals surface area contributed by atoms with E-state index in [1.165, 1.54) is 22.6 Å². The Labute approximate surface area is 104 Å². The summed E-state index contributed by atoms with van der Waals surface area (Å²) in [5, 5.41) is 0. The van der Waals surface area contributed by atoms with E-state index in [0.717, 1.165) is 0 Å². The van der Waals surface area contributed by atoms with Crippen molar-refractivity contribution in [1.82, 2.24) is 0 Å². The van der Waals surface area contributed by atoms with Gasteiger partial charge >= 0.3 is 12.5 Å². The average molecular weight is 374 g/mol. The number of hydrogen-bond acceptors (Lipinski definition) is 1. The Bertz CT molecular complexity index is 423. The Morgan fingerprint density at radius 3 is 1.94 bits per heavy atom. The molecule has 1 rings (SSSR count). The van der Waals surface area contributed by atoms with Crippen LogP contribution in [0.1, 0.15) is 5.56 Å². The van der Waals surface area contributed by atoms with Gasteiger partial charge in [0.25, 0.3) is 0 Å². The van der Waals surface area contributed by atoms with Crippen molar-refractivity contribution < 1.29 is 35.5 Å². The van der Waals surface area contributed by atoms with Crippen molar-refractivity contribution in [2.24, 2.45) is 0 Å². The zero-order chi connectivity index (χ0) is 13.4. The lowest BCUT2D eigenvalue weighted by atomic mass is 10.2. The second-order valence-corrected chi connectivity index (χ2v) is 3.95. The van der Waals surface area contributed by atoms with Crippen LogP contribution >= 0.6 is 22.6 Å². The summed E-state index contributed by atoms with van der Waals surface area (Å²) in [7, 11) is 0. The highest BCUT2D eigenvalue weighted by Gasteiger charge is 2.39. The maximum Gasteiger partial charge on any atom is 0.573 e. The molecule has 1 aromatic rings. The lowest BCUT2D eigenvalue weighted by Crippen LogP contribution is -2.20. The molecule has 0 bridgehead atoms. The molecule has 0 fully saturated rings. The second kappa shape index (κ2) is 4.50. The van der Waals surface area contributed by atoms with Gasteiger partial charge in [-0.2, -0.15) is 13.2 Å². The van der Waals surface area contributed by atoms with Gasteiger partial charge < -0.3 is 4.74 Å². The minimum atomic E-state index is -5.26. The number of benzene rings is 1. The summed E-state index contributed by atoms with van der Waals surface area (Å²) in [5.74, 6) is -3.56. The average Bonchev–Trinajstić information content (AvgIpc) is 2.08. The second-order valence-electron chi connectivity index (χ2n) is 2.78. The van der Waals surface area contributed by atoms with Crippen LogP contribution in [0.15, 0.2) is 12.1 Å². The monoisotopic (exact) mass is 374 g/mol. The highest BCUT2D eigenvalue weighted by atomic mass is 127. The molecule has 0 aromatic heterocycles. The van der Waals surface area contributed by atoms with Crippen LogP contribution in [0.2, 0.25) is 0 Å². The van der Waals surface area contributed by atoms with E-state index < -0.39 is 33.2 Å². The van der Waals surface area contributed by atoms with Crippen molar-refractivity contribution in [3.05, 3.63) is 27.1 Å². The van der Waals surface area contributed by atoms with Gasteiger partial charge in [0.1, 0.15) is 0 Å². The van der Waals surface area contributed by atoms with Crippen LogP contribution in [-0.2, 0) is 6.18 Å². The minimum Gasteiger partial charge on any atom is -0.401 e. The van der Waals surface area contributed by atoms with Crippen LogP contribution in [0.3, 0.4) is 0 Å². The molecule has 9 heteroatoms. The molecule has 0 amide bonds. The van der Waals surface area contributed by atoms with Crippen molar-refractivity contribution in [2.75, 3.05) is 0 Å². The highest BCUT2D eigenvalue weighted by molar-refractivity contribution is 14.1. The molecule has 0 unspecified atom stereocenters. The lowest BCUT2D eigenvalue weighted by molar-refractivity contribution is -0.276. The summed E-state index contributed by atoms with van der Waals surface area (Å²) in [6.07, 6.45) is -10.3. The van der Waals surface area contributed by atoms with Gasteiger partial charge in [-0.1, -0.05) is 0 Å². The molecule has 1 aromatic carbocycles. The molecule has 0 N–H and O–H groups in total. The van der Waals surface area contributed by atoms with Crippen LogP contribution in [0.5, 0.6) is 5.75 Å². The number of alkyl halides is 6. The first-order valence-corrected chi connectivity index (χ1v) is 4.91. The van der Waals surface area contributed by atoms with Crippen molar-refractivity contribution in [3.63, 3.8) is 0 Å². The molecule has 0 spiro atoms. The van der Waals surface area contributed by atoms with Gasteiger partial charge in [0, 0.05) is 0 Å². The van der Waals surface area contributed by atoms with Crippen LogP contribution in [-0.4, -0.2) is 6.36 Å².